The second kappa shape index (κ2) is 8.40. The van der Waals surface area contributed by atoms with Gasteiger partial charge in [0.25, 0.3) is 0 Å². The molecule has 0 amide bonds. The number of hydrogen-bond donors (Lipinski definition) is 0. The summed E-state index contributed by atoms with van der Waals surface area (Å²) >= 11 is 0. The van der Waals surface area contributed by atoms with E-state index in [-0.39, 0.29) is 0 Å². The van der Waals surface area contributed by atoms with E-state index >= 15 is 0 Å². The fourth-order valence-corrected chi connectivity index (χ4v) is 9.76. The van der Waals surface area contributed by atoms with Crippen molar-refractivity contribution < 1.29 is 0 Å². The van der Waals surface area contributed by atoms with Gasteiger partial charge in [0.1, 0.15) is 0 Å². The van der Waals surface area contributed by atoms with Gasteiger partial charge in [0.05, 0.1) is 0 Å². The van der Waals surface area contributed by atoms with Crippen molar-refractivity contribution in [1.29, 1.82) is 0 Å². The van der Waals surface area contributed by atoms with Crippen LogP contribution in [0.2, 0.25) is 0 Å². The molecule has 1 unspecified atom stereocenters. The summed E-state index contributed by atoms with van der Waals surface area (Å²) < 4.78 is 0. The molecule has 0 fully saturated rings. The standard InChI is InChI=1S/C13H33P3/c1-12(2)13(8-7-10-15(3)4)16(5,6)11-9-14/h12-13,16H,7-11,14H2,1-6H3/t13-/m1/s1. The van der Waals surface area contributed by atoms with Crippen molar-refractivity contribution in [3.05, 3.63) is 0 Å². The van der Waals surface area contributed by atoms with E-state index in [1.165, 1.54) is 31.3 Å². The first kappa shape index (κ1) is 17.3. The van der Waals surface area contributed by atoms with E-state index in [0.717, 1.165) is 11.6 Å². The van der Waals surface area contributed by atoms with E-state index in [1.54, 1.807) is 0 Å². The van der Waals surface area contributed by atoms with E-state index < -0.39 is 7.26 Å². The molecule has 0 aliphatic carbocycles. The molecule has 16 heavy (non-hydrogen) atoms. The molecule has 0 aromatic heterocycles. The zero-order valence-electron chi connectivity index (χ0n) is 12.2. The molecule has 0 nitrogen and oxygen atoms in total. The predicted octanol–water partition coefficient (Wildman–Crippen LogP) is 4.42. The zero-order chi connectivity index (χ0) is 12.8. The third-order valence-corrected chi connectivity index (χ3v) is 10.3. The molecule has 0 aromatic rings. The molecule has 0 bridgehead atoms. The van der Waals surface area contributed by atoms with Gasteiger partial charge >= 0.3 is 108 Å². The van der Waals surface area contributed by atoms with Crippen molar-refractivity contribution in [2.75, 3.05) is 45.1 Å². The molecule has 100 valence electrons. The van der Waals surface area contributed by atoms with Gasteiger partial charge in [-0.2, -0.15) is 0 Å². The van der Waals surface area contributed by atoms with Crippen LogP contribution in [0.3, 0.4) is 0 Å². The molecule has 0 spiro atoms. The van der Waals surface area contributed by atoms with Crippen molar-refractivity contribution in [2.24, 2.45) is 5.92 Å². The Morgan fingerprint density at radius 1 is 1.19 bits per heavy atom. The van der Waals surface area contributed by atoms with Crippen LogP contribution in [0.15, 0.2) is 0 Å². The Labute approximate surface area is 108 Å². The Balaban J connectivity index is 4.26. The van der Waals surface area contributed by atoms with Crippen molar-refractivity contribution in [2.45, 2.75) is 32.3 Å². The molecule has 0 heterocycles. The molecule has 0 radical (unpaired) electrons. The Kier molecular flexibility index (Phi) is 9.08. The van der Waals surface area contributed by atoms with Gasteiger partial charge in [0.15, 0.2) is 0 Å². The second-order valence-corrected chi connectivity index (χ2v) is 14.7. The number of rotatable bonds is 8. The van der Waals surface area contributed by atoms with Crippen LogP contribution in [0.5, 0.6) is 0 Å². The molecule has 0 saturated heterocycles. The Hall–Kier alpha value is 1.29. The minimum absolute atomic E-state index is 0.317. The van der Waals surface area contributed by atoms with Gasteiger partial charge in [0, 0.05) is 0 Å². The molecule has 0 saturated carbocycles. The monoisotopic (exact) mass is 282 g/mol. The molecular weight excluding hydrogens is 249 g/mol. The second-order valence-electron chi connectivity index (χ2n) is 6.32. The summed E-state index contributed by atoms with van der Waals surface area (Å²) in [6.45, 7) is 14.9. The first-order valence-electron chi connectivity index (χ1n) is 6.66. The van der Waals surface area contributed by atoms with Crippen LogP contribution >= 0.6 is 24.4 Å². The SMILES string of the molecule is CC(C)[C@@H](CCCP(C)C)[PH](C)(C)CCP. The summed E-state index contributed by atoms with van der Waals surface area (Å²) in [7, 11) is 2.26. The summed E-state index contributed by atoms with van der Waals surface area (Å²) in [5.41, 5.74) is 1.03. The van der Waals surface area contributed by atoms with Crippen LogP contribution in [0.25, 0.3) is 0 Å². The third-order valence-electron chi connectivity index (χ3n) is 3.72. The van der Waals surface area contributed by atoms with Gasteiger partial charge in [-0.15, -0.1) is 0 Å². The quantitative estimate of drug-likeness (QED) is 0.578. The topological polar surface area (TPSA) is 0 Å². The Morgan fingerprint density at radius 3 is 2.12 bits per heavy atom. The molecule has 0 aromatic carbocycles. The van der Waals surface area contributed by atoms with Crippen LogP contribution in [-0.2, 0) is 0 Å². The number of hydrogen-bond acceptors (Lipinski definition) is 0. The zero-order valence-corrected chi connectivity index (χ0v) is 15.3. The minimum atomic E-state index is -0.981. The van der Waals surface area contributed by atoms with Crippen molar-refractivity contribution in [3.63, 3.8) is 0 Å². The maximum absolute atomic E-state index is 2.92. The third kappa shape index (κ3) is 6.89. The van der Waals surface area contributed by atoms with Gasteiger partial charge in [0.2, 0.25) is 0 Å². The van der Waals surface area contributed by atoms with E-state index in [0.29, 0.717) is 7.92 Å². The van der Waals surface area contributed by atoms with E-state index in [9.17, 15) is 0 Å². The summed E-state index contributed by atoms with van der Waals surface area (Å²) in [5, 5.41) is 0. The Morgan fingerprint density at radius 2 is 1.75 bits per heavy atom. The first-order valence-corrected chi connectivity index (χ1v) is 13.2. The first-order chi connectivity index (χ1) is 7.31. The predicted molar refractivity (Wildman–Crippen MR) is 91.1 cm³/mol. The van der Waals surface area contributed by atoms with Gasteiger partial charge in [-0.05, 0) is 0 Å². The molecule has 2 atom stereocenters. The van der Waals surface area contributed by atoms with Gasteiger partial charge < -0.3 is 0 Å². The van der Waals surface area contributed by atoms with Crippen LogP contribution < -0.4 is 0 Å². The van der Waals surface area contributed by atoms with Gasteiger partial charge in [-0.1, -0.05) is 0 Å². The molecule has 3 heteroatoms. The van der Waals surface area contributed by atoms with Crippen LogP contribution in [-0.4, -0.2) is 50.8 Å². The summed E-state index contributed by atoms with van der Waals surface area (Å²) in [5.74, 6) is 0.887. The van der Waals surface area contributed by atoms with Gasteiger partial charge in [-0.25, -0.2) is 0 Å². The van der Waals surface area contributed by atoms with Crippen LogP contribution in [0.1, 0.15) is 26.7 Å². The van der Waals surface area contributed by atoms with E-state index in [4.69, 9.17) is 0 Å². The molecule has 0 N–H and O–H groups in total. The summed E-state index contributed by atoms with van der Waals surface area (Å²) in [6.07, 6.45) is 7.21. The average Bonchev–Trinajstić information content (AvgIpc) is 2.10. The van der Waals surface area contributed by atoms with Crippen LogP contribution in [0, 0.1) is 5.92 Å². The molecule has 0 aliphatic heterocycles. The molecular formula is C13H33P3. The fourth-order valence-electron chi connectivity index (χ4n) is 2.81. The fraction of sp³-hybridized carbons (Fsp3) is 1.00. The molecule has 0 rings (SSSR count). The maximum atomic E-state index is 2.92. The van der Waals surface area contributed by atoms with Crippen LogP contribution in [0.4, 0.5) is 0 Å². The van der Waals surface area contributed by atoms with Crippen molar-refractivity contribution >= 4 is 24.4 Å². The van der Waals surface area contributed by atoms with Gasteiger partial charge in [-0.3, -0.25) is 0 Å². The summed E-state index contributed by atoms with van der Waals surface area (Å²) in [4.78, 5) is 0. The molecule has 0 aliphatic rings. The van der Waals surface area contributed by atoms with Crippen molar-refractivity contribution in [1.82, 2.24) is 0 Å². The van der Waals surface area contributed by atoms with Crippen molar-refractivity contribution in [3.8, 4) is 0 Å². The Bertz CT molecular complexity index is 176. The summed E-state index contributed by atoms with van der Waals surface area (Å²) in [6, 6.07) is 0. The van der Waals surface area contributed by atoms with E-state index in [2.05, 4.69) is 49.7 Å². The average molecular weight is 282 g/mol. The van der Waals surface area contributed by atoms with E-state index in [1.807, 2.05) is 0 Å². The normalized spacial score (nSPS) is 15.8.